The smallest absolute Gasteiger partial charge is 0.0351 e. The maximum atomic E-state index is 2.34. The summed E-state index contributed by atoms with van der Waals surface area (Å²) < 4.78 is 0. The second-order valence-corrected chi connectivity index (χ2v) is 7.58. The van der Waals surface area contributed by atoms with Crippen LogP contribution in [0.25, 0.3) is 21.2 Å². The molecule has 0 nitrogen and oxygen atoms in total. The van der Waals surface area contributed by atoms with Crippen LogP contribution in [0.3, 0.4) is 0 Å². The first-order chi connectivity index (χ1) is 11.3. The van der Waals surface area contributed by atoms with Crippen molar-refractivity contribution in [2.45, 2.75) is 46.0 Å². The fourth-order valence-corrected chi connectivity index (χ4v) is 4.46. The van der Waals surface area contributed by atoms with Gasteiger partial charge < -0.3 is 0 Å². The average molecular weight is 323 g/mol. The van der Waals surface area contributed by atoms with E-state index in [2.05, 4.69) is 68.4 Å². The van der Waals surface area contributed by atoms with Crippen molar-refractivity contribution in [3.05, 3.63) is 59.5 Å². The molecule has 1 heterocycles. The Balaban J connectivity index is 1.83. The predicted molar refractivity (Wildman–Crippen MR) is 104 cm³/mol. The second-order valence-electron chi connectivity index (χ2n) is 6.41. The molecule has 0 bridgehead atoms. The summed E-state index contributed by atoms with van der Waals surface area (Å²) in [6.07, 6.45) is 6.57. The number of fused-ring (bicyclic) bond motifs is 1. The number of unbranched alkanes of at least 4 members (excludes halogenated alkanes) is 1. The summed E-state index contributed by atoms with van der Waals surface area (Å²) in [7, 11) is 0. The Kier molecular flexibility index (Phi) is 5.51. The minimum atomic E-state index is 0.842. The van der Waals surface area contributed by atoms with E-state index in [0.29, 0.717) is 0 Å². The van der Waals surface area contributed by atoms with Gasteiger partial charge >= 0.3 is 0 Å². The third-order valence-corrected chi connectivity index (χ3v) is 5.89. The molecule has 1 aromatic heterocycles. The van der Waals surface area contributed by atoms with E-state index in [0.717, 1.165) is 5.92 Å². The van der Waals surface area contributed by atoms with Crippen LogP contribution in [-0.2, 0) is 6.42 Å². The Morgan fingerprint density at radius 3 is 2.57 bits per heavy atom. The molecule has 0 aliphatic rings. The minimum absolute atomic E-state index is 0.842. The maximum Gasteiger partial charge on any atom is 0.0351 e. The fourth-order valence-electron chi connectivity index (χ4n) is 3.30. The highest BCUT2D eigenvalue weighted by molar-refractivity contribution is 7.15. The second kappa shape index (κ2) is 7.79. The van der Waals surface area contributed by atoms with Crippen LogP contribution in [0.5, 0.6) is 0 Å². The summed E-state index contributed by atoms with van der Waals surface area (Å²) >= 11 is 1.98. The summed E-state index contributed by atoms with van der Waals surface area (Å²) in [5.41, 5.74) is 1.38. The van der Waals surface area contributed by atoms with Crippen LogP contribution in [0.4, 0.5) is 0 Å². The molecule has 0 saturated heterocycles. The van der Waals surface area contributed by atoms with Crippen molar-refractivity contribution in [3.8, 4) is 10.4 Å². The zero-order valence-electron chi connectivity index (χ0n) is 14.2. The summed E-state index contributed by atoms with van der Waals surface area (Å²) in [6.45, 7) is 4.62. The summed E-state index contributed by atoms with van der Waals surface area (Å²) in [4.78, 5) is 2.94. The van der Waals surface area contributed by atoms with Gasteiger partial charge in [-0.15, -0.1) is 11.3 Å². The minimum Gasteiger partial charge on any atom is -0.140 e. The zero-order valence-corrected chi connectivity index (χ0v) is 15.0. The van der Waals surface area contributed by atoms with Gasteiger partial charge in [-0.25, -0.2) is 0 Å². The van der Waals surface area contributed by atoms with Crippen molar-refractivity contribution in [2.75, 3.05) is 0 Å². The molecule has 0 N–H and O–H groups in total. The van der Waals surface area contributed by atoms with Gasteiger partial charge in [0, 0.05) is 9.75 Å². The van der Waals surface area contributed by atoms with Crippen LogP contribution in [-0.4, -0.2) is 0 Å². The lowest BCUT2D eigenvalue weighted by molar-refractivity contribution is 0.452. The molecular formula is C22H26S. The molecule has 120 valence electrons. The van der Waals surface area contributed by atoms with Crippen molar-refractivity contribution in [3.63, 3.8) is 0 Å². The predicted octanol–water partition coefficient (Wildman–Crippen LogP) is 7.33. The van der Waals surface area contributed by atoms with Gasteiger partial charge in [-0.05, 0) is 40.8 Å². The monoisotopic (exact) mass is 322 g/mol. The van der Waals surface area contributed by atoms with E-state index in [1.54, 1.807) is 0 Å². The van der Waals surface area contributed by atoms with Gasteiger partial charge in [-0.3, -0.25) is 0 Å². The summed E-state index contributed by atoms with van der Waals surface area (Å²) in [6, 6.07) is 20.0. The molecule has 0 radical (unpaired) electrons. The summed E-state index contributed by atoms with van der Waals surface area (Å²) in [5, 5.41) is 2.69. The van der Waals surface area contributed by atoms with Crippen LogP contribution < -0.4 is 0 Å². The van der Waals surface area contributed by atoms with Gasteiger partial charge in [0.15, 0.2) is 0 Å². The first kappa shape index (κ1) is 16.3. The molecular weight excluding hydrogens is 296 g/mol. The van der Waals surface area contributed by atoms with Crippen molar-refractivity contribution < 1.29 is 0 Å². The first-order valence-electron chi connectivity index (χ1n) is 8.88. The third kappa shape index (κ3) is 3.84. The highest BCUT2D eigenvalue weighted by atomic mass is 32.1. The first-order valence-corrected chi connectivity index (χ1v) is 9.70. The highest BCUT2D eigenvalue weighted by Crippen LogP contribution is 2.35. The highest BCUT2D eigenvalue weighted by Gasteiger charge is 2.11. The van der Waals surface area contributed by atoms with E-state index in [4.69, 9.17) is 0 Å². The molecule has 0 spiro atoms. The maximum absolute atomic E-state index is 2.34. The molecule has 0 amide bonds. The normalized spacial score (nSPS) is 12.6. The average Bonchev–Trinajstić information content (AvgIpc) is 3.06. The van der Waals surface area contributed by atoms with E-state index in [9.17, 15) is 0 Å². The molecule has 0 fully saturated rings. The Morgan fingerprint density at radius 2 is 1.74 bits per heavy atom. The standard InChI is InChI=1S/C22H26S/c1-3-5-9-17(4-2)16-19-14-15-22(23-19)21-13-8-11-18-10-6-7-12-20(18)21/h6-8,10-15,17H,3-5,9,16H2,1-2H3. The molecule has 0 aliphatic carbocycles. The fraction of sp³-hybridized carbons (Fsp3) is 0.364. The number of hydrogen-bond acceptors (Lipinski definition) is 1. The molecule has 3 aromatic rings. The van der Waals surface area contributed by atoms with Gasteiger partial charge in [-0.1, -0.05) is 82.0 Å². The number of rotatable bonds is 7. The van der Waals surface area contributed by atoms with Crippen LogP contribution in [0.15, 0.2) is 54.6 Å². The van der Waals surface area contributed by atoms with Crippen molar-refractivity contribution in [1.29, 1.82) is 0 Å². The molecule has 1 unspecified atom stereocenters. The van der Waals surface area contributed by atoms with Crippen molar-refractivity contribution in [2.24, 2.45) is 5.92 Å². The SMILES string of the molecule is CCCCC(CC)Cc1ccc(-c2cccc3ccccc23)s1. The topological polar surface area (TPSA) is 0 Å². The van der Waals surface area contributed by atoms with Gasteiger partial charge in [-0.2, -0.15) is 0 Å². The van der Waals surface area contributed by atoms with E-state index < -0.39 is 0 Å². The van der Waals surface area contributed by atoms with Gasteiger partial charge in [0.05, 0.1) is 0 Å². The Bertz CT molecular complexity index is 748. The van der Waals surface area contributed by atoms with Crippen molar-refractivity contribution in [1.82, 2.24) is 0 Å². The number of thiophene rings is 1. The van der Waals surface area contributed by atoms with E-state index in [1.807, 2.05) is 11.3 Å². The number of hydrogen-bond donors (Lipinski definition) is 0. The van der Waals surface area contributed by atoms with Gasteiger partial charge in [0.1, 0.15) is 0 Å². The third-order valence-electron chi connectivity index (χ3n) is 4.75. The molecule has 1 atom stereocenters. The Labute approximate surface area is 144 Å². The van der Waals surface area contributed by atoms with E-state index in [1.165, 1.54) is 58.2 Å². The zero-order chi connectivity index (χ0) is 16.1. The van der Waals surface area contributed by atoms with Gasteiger partial charge in [0.25, 0.3) is 0 Å². The lowest BCUT2D eigenvalue weighted by Crippen LogP contribution is -2.01. The van der Waals surface area contributed by atoms with Crippen LogP contribution in [0.2, 0.25) is 0 Å². The Morgan fingerprint density at radius 1 is 0.913 bits per heavy atom. The quantitative estimate of drug-likeness (QED) is 0.427. The summed E-state index contributed by atoms with van der Waals surface area (Å²) in [5.74, 6) is 0.842. The van der Waals surface area contributed by atoms with E-state index in [-0.39, 0.29) is 0 Å². The lowest BCUT2D eigenvalue weighted by atomic mass is 9.95. The largest absolute Gasteiger partial charge is 0.140 e. The Hall–Kier alpha value is -1.60. The van der Waals surface area contributed by atoms with Crippen LogP contribution in [0.1, 0.15) is 44.4 Å². The molecule has 0 aliphatic heterocycles. The molecule has 0 saturated carbocycles. The van der Waals surface area contributed by atoms with E-state index >= 15 is 0 Å². The van der Waals surface area contributed by atoms with Gasteiger partial charge in [0.2, 0.25) is 0 Å². The molecule has 2 aromatic carbocycles. The molecule has 23 heavy (non-hydrogen) atoms. The van der Waals surface area contributed by atoms with Crippen molar-refractivity contribution >= 4 is 22.1 Å². The van der Waals surface area contributed by atoms with Crippen LogP contribution in [0, 0.1) is 5.92 Å². The number of benzene rings is 2. The molecule has 1 heteroatoms. The molecule has 3 rings (SSSR count). The van der Waals surface area contributed by atoms with Crippen LogP contribution >= 0.6 is 11.3 Å². The lowest BCUT2D eigenvalue weighted by Gasteiger charge is -2.12.